The van der Waals surface area contributed by atoms with Crippen LogP contribution in [0, 0.1) is 0 Å². The molecule has 2 rings (SSSR count). The molecule has 2 aromatic rings. The fourth-order valence-corrected chi connectivity index (χ4v) is 1.85. The molecule has 0 saturated carbocycles. The van der Waals surface area contributed by atoms with Crippen molar-refractivity contribution in [3.05, 3.63) is 53.6 Å². The molecular formula is C16H15NO4. The van der Waals surface area contributed by atoms with E-state index in [1.165, 1.54) is 6.07 Å². The second kappa shape index (κ2) is 6.56. The highest BCUT2D eigenvalue weighted by Crippen LogP contribution is 2.24. The number of aliphatic imine (C=N–C) groups is 1. The van der Waals surface area contributed by atoms with Crippen molar-refractivity contribution in [3.63, 3.8) is 0 Å². The number of hydrogen-bond donors (Lipinski definition) is 1. The lowest BCUT2D eigenvalue weighted by molar-refractivity contribution is 0.0698. The zero-order chi connectivity index (χ0) is 15.2. The molecule has 0 aliphatic rings. The number of ether oxygens (including phenoxy) is 2. The third-order valence-electron chi connectivity index (χ3n) is 2.91. The van der Waals surface area contributed by atoms with E-state index in [1.54, 1.807) is 56.8 Å². The molecule has 0 aromatic heterocycles. The number of para-hydroxylation sites is 1. The Hall–Kier alpha value is -2.82. The lowest BCUT2D eigenvalue weighted by Gasteiger charge is -2.07. The second-order valence-corrected chi connectivity index (χ2v) is 4.19. The number of rotatable bonds is 5. The van der Waals surface area contributed by atoms with Crippen molar-refractivity contribution in [2.75, 3.05) is 14.2 Å². The van der Waals surface area contributed by atoms with E-state index in [2.05, 4.69) is 4.99 Å². The number of methoxy groups -OCH3 is 2. The van der Waals surface area contributed by atoms with Gasteiger partial charge in [-0.3, -0.25) is 4.99 Å². The first-order valence-electron chi connectivity index (χ1n) is 6.24. The van der Waals surface area contributed by atoms with Crippen LogP contribution in [0.5, 0.6) is 11.5 Å². The maximum atomic E-state index is 11.1. The second-order valence-electron chi connectivity index (χ2n) is 4.19. The topological polar surface area (TPSA) is 68.1 Å². The van der Waals surface area contributed by atoms with Gasteiger partial charge in [0, 0.05) is 11.8 Å². The van der Waals surface area contributed by atoms with Crippen LogP contribution in [0.3, 0.4) is 0 Å². The molecule has 0 spiro atoms. The number of aromatic carboxylic acids is 1. The van der Waals surface area contributed by atoms with Crippen LogP contribution in [0.1, 0.15) is 15.9 Å². The van der Waals surface area contributed by atoms with Crippen LogP contribution in [0.15, 0.2) is 47.5 Å². The fourth-order valence-electron chi connectivity index (χ4n) is 1.85. The molecule has 0 unspecified atom stereocenters. The van der Waals surface area contributed by atoms with Crippen LogP contribution in [0.25, 0.3) is 0 Å². The van der Waals surface area contributed by atoms with E-state index < -0.39 is 5.97 Å². The maximum Gasteiger partial charge on any atom is 0.337 e. The zero-order valence-electron chi connectivity index (χ0n) is 11.7. The van der Waals surface area contributed by atoms with Gasteiger partial charge in [0.15, 0.2) is 0 Å². The van der Waals surface area contributed by atoms with E-state index in [-0.39, 0.29) is 5.56 Å². The first-order chi connectivity index (χ1) is 10.2. The standard InChI is InChI=1S/C16H15NO4/c1-20-12-7-8-15(21-2)11(9-12)10-17-14-6-4-3-5-13(14)16(18)19/h3-10H,1-2H3,(H,18,19). The van der Waals surface area contributed by atoms with Gasteiger partial charge >= 0.3 is 5.97 Å². The minimum absolute atomic E-state index is 0.149. The number of benzene rings is 2. The van der Waals surface area contributed by atoms with E-state index >= 15 is 0 Å². The van der Waals surface area contributed by atoms with Gasteiger partial charge in [-0.25, -0.2) is 4.79 Å². The lowest BCUT2D eigenvalue weighted by atomic mass is 10.1. The molecule has 5 nitrogen and oxygen atoms in total. The van der Waals surface area contributed by atoms with Crippen LogP contribution in [-0.2, 0) is 0 Å². The summed E-state index contributed by atoms with van der Waals surface area (Å²) in [6, 6.07) is 11.9. The number of carboxylic acids is 1. The Bertz CT molecular complexity index is 680. The highest BCUT2D eigenvalue weighted by Gasteiger charge is 2.08. The largest absolute Gasteiger partial charge is 0.497 e. The van der Waals surface area contributed by atoms with Gasteiger partial charge in [0.05, 0.1) is 25.5 Å². The third-order valence-corrected chi connectivity index (χ3v) is 2.91. The van der Waals surface area contributed by atoms with Crippen LogP contribution in [0.4, 0.5) is 5.69 Å². The summed E-state index contributed by atoms with van der Waals surface area (Å²) in [5.74, 6) is 0.288. The highest BCUT2D eigenvalue weighted by atomic mass is 16.5. The van der Waals surface area contributed by atoms with Crippen LogP contribution in [-0.4, -0.2) is 31.5 Å². The summed E-state index contributed by atoms with van der Waals surface area (Å²) in [5, 5.41) is 9.13. The first-order valence-corrected chi connectivity index (χ1v) is 6.24. The molecule has 0 fully saturated rings. The Morgan fingerprint density at radius 3 is 2.57 bits per heavy atom. The van der Waals surface area contributed by atoms with Gasteiger partial charge in [0.2, 0.25) is 0 Å². The lowest BCUT2D eigenvalue weighted by Crippen LogP contribution is -1.96. The quantitative estimate of drug-likeness (QED) is 0.857. The molecule has 5 heteroatoms. The van der Waals surface area contributed by atoms with Gasteiger partial charge in [-0.05, 0) is 30.3 Å². The normalized spacial score (nSPS) is 10.6. The number of nitrogens with zero attached hydrogens (tertiary/aromatic N) is 1. The van der Waals surface area contributed by atoms with Crippen molar-refractivity contribution >= 4 is 17.9 Å². The third kappa shape index (κ3) is 3.39. The molecule has 0 bridgehead atoms. The Morgan fingerprint density at radius 1 is 1.14 bits per heavy atom. The molecule has 0 aliphatic carbocycles. The maximum absolute atomic E-state index is 11.1. The average Bonchev–Trinajstić information content (AvgIpc) is 2.52. The number of hydrogen-bond acceptors (Lipinski definition) is 4. The molecule has 21 heavy (non-hydrogen) atoms. The van der Waals surface area contributed by atoms with Crippen LogP contribution in [0.2, 0.25) is 0 Å². The monoisotopic (exact) mass is 285 g/mol. The Balaban J connectivity index is 2.39. The summed E-state index contributed by atoms with van der Waals surface area (Å²) in [6.07, 6.45) is 1.56. The Kier molecular flexibility index (Phi) is 4.56. The molecule has 0 saturated heterocycles. The van der Waals surface area contributed by atoms with Gasteiger partial charge in [-0.2, -0.15) is 0 Å². The molecule has 0 radical (unpaired) electrons. The highest BCUT2D eigenvalue weighted by molar-refractivity contribution is 5.95. The van der Waals surface area contributed by atoms with Crippen molar-refractivity contribution in [1.29, 1.82) is 0 Å². The smallest absolute Gasteiger partial charge is 0.337 e. The summed E-state index contributed by atoms with van der Waals surface area (Å²) in [5.41, 5.74) is 1.24. The predicted octanol–water partition coefficient (Wildman–Crippen LogP) is 3.15. The van der Waals surface area contributed by atoms with Gasteiger partial charge < -0.3 is 14.6 Å². The van der Waals surface area contributed by atoms with Gasteiger partial charge in [0.1, 0.15) is 11.5 Å². The molecule has 2 aromatic carbocycles. The van der Waals surface area contributed by atoms with Crippen molar-refractivity contribution in [2.45, 2.75) is 0 Å². The van der Waals surface area contributed by atoms with E-state index in [9.17, 15) is 4.79 Å². The summed E-state index contributed by atoms with van der Waals surface area (Å²) < 4.78 is 10.4. The first kappa shape index (κ1) is 14.6. The van der Waals surface area contributed by atoms with E-state index in [0.29, 0.717) is 22.7 Å². The van der Waals surface area contributed by atoms with Gasteiger partial charge in [-0.1, -0.05) is 12.1 Å². The van der Waals surface area contributed by atoms with Crippen LogP contribution >= 0.6 is 0 Å². The van der Waals surface area contributed by atoms with E-state index in [1.807, 2.05) is 0 Å². The van der Waals surface area contributed by atoms with Crippen molar-refractivity contribution in [1.82, 2.24) is 0 Å². The molecule has 0 amide bonds. The van der Waals surface area contributed by atoms with E-state index in [0.717, 1.165) is 0 Å². The molecule has 0 heterocycles. The number of carboxylic acid groups (broad SMARTS) is 1. The van der Waals surface area contributed by atoms with Crippen molar-refractivity contribution < 1.29 is 19.4 Å². The Morgan fingerprint density at radius 2 is 1.90 bits per heavy atom. The van der Waals surface area contributed by atoms with Crippen LogP contribution < -0.4 is 9.47 Å². The van der Waals surface area contributed by atoms with Gasteiger partial charge in [-0.15, -0.1) is 0 Å². The average molecular weight is 285 g/mol. The van der Waals surface area contributed by atoms with Crippen molar-refractivity contribution in [2.24, 2.45) is 4.99 Å². The molecule has 0 aliphatic heterocycles. The van der Waals surface area contributed by atoms with Gasteiger partial charge in [0.25, 0.3) is 0 Å². The molecule has 1 N–H and O–H groups in total. The minimum atomic E-state index is -1.01. The molecule has 108 valence electrons. The minimum Gasteiger partial charge on any atom is -0.497 e. The SMILES string of the molecule is COc1ccc(OC)c(C=Nc2ccccc2C(=O)O)c1. The predicted molar refractivity (Wildman–Crippen MR) is 80.2 cm³/mol. The summed E-state index contributed by atoms with van der Waals surface area (Å²) in [7, 11) is 3.13. The fraction of sp³-hybridized carbons (Fsp3) is 0.125. The summed E-state index contributed by atoms with van der Waals surface area (Å²) in [6.45, 7) is 0. The summed E-state index contributed by atoms with van der Waals surface area (Å²) >= 11 is 0. The zero-order valence-corrected chi connectivity index (χ0v) is 11.7. The molecular weight excluding hydrogens is 270 g/mol. The Labute approximate surface area is 122 Å². The van der Waals surface area contributed by atoms with Crippen molar-refractivity contribution in [3.8, 4) is 11.5 Å². The molecule has 0 atom stereocenters. The van der Waals surface area contributed by atoms with E-state index in [4.69, 9.17) is 14.6 Å². The summed E-state index contributed by atoms with van der Waals surface area (Å²) in [4.78, 5) is 15.4. The number of carbonyl (C=O) groups is 1.